The van der Waals surface area contributed by atoms with Crippen LogP contribution in [0.1, 0.15) is 31.7 Å². The third-order valence-electron chi connectivity index (χ3n) is 4.88. The van der Waals surface area contributed by atoms with E-state index < -0.39 is 0 Å². The van der Waals surface area contributed by atoms with E-state index in [1.807, 2.05) is 24.8 Å². The van der Waals surface area contributed by atoms with Crippen LogP contribution >= 0.6 is 0 Å². The maximum Gasteiger partial charge on any atom is 0.407 e. The fourth-order valence-corrected chi connectivity index (χ4v) is 3.67. The predicted molar refractivity (Wildman–Crippen MR) is 94.2 cm³/mol. The van der Waals surface area contributed by atoms with Crippen LogP contribution in [0.25, 0.3) is 22.1 Å². The summed E-state index contributed by atoms with van der Waals surface area (Å²) in [6, 6.07) is 2.58. The Morgan fingerprint density at radius 1 is 1.36 bits per heavy atom. The summed E-state index contributed by atoms with van der Waals surface area (Å²) in [7, 11) is 0. The highest BCUT2D eigenvalue weighted by Gasteiger charge is 2.25. The average Bonchev–Trinajstić information content (AvgIpc) is 3.26. The second kappa shape index (κ2) is 6.72. The molecule has 0 radical (unpaired) electrons. The molecule has 0 unspecified atom stereocenters. The van der Waals surface area contributed by atoms with Gasteiger partial charge in [0.25, 0.3) is 0 Å². The number of ether oxygens (including phenoxy) is 1. The van der Waals surface area contributed by atoms with E-state index in [1.54, 1.807) is 0 Å². The van der Waals surface area contributed by atoms with Gasteiger partial charge in [0, 0.05) is 30.2 Å². The normalized spacial score (nSPS) is 20.8. The fraction of sp³-hybridized carbons (Fsp3) is 0.471. The van der Waals surface area contributed by atoms with Crippen LogP contribution in [0.4, 0.5) is 4.79 Å². The van der Waals surface area contributed by atoms with Crippen molar-refractivity contribution >= 4 is 28.2 Å². The third kappa shape index (κ3) is 3.05. The number of alkyl carbamates (subject to hydrolysis) is 1. The SMILES string of the molecule is NCCOC(=O)NC1CCC(n2cnc3cnc4[nH]ccc4c32)CC1. The zero-order valence-electron chi connectivity index (χ0n) is 13.9. The number of amides is 1. The number of carbonyl (C=O) groups excluding carboxylic acids is 1. The van der Waals surface area contributed by atoms with Crippen LogP contribution in [-0.2, 0) is 4.74 Å². The number of carbonyl (C=O) groups is 1. The molecule has 8 nitrogen and oxygen atoms in total. The molecule has 1 aliphatic carbocycles. The number of nitrogens with two attached hydrogens (primary N) is 1. The highest BCUT2D eigenvalue weighted by molar-refractivity contribution is 6.00. The molecule has 0 aromatic carbocycles. The first-order chi connectivity index (χ1) is 12.3. The fourth-order valence-electron chi connectivity index (χ4n) is 3.67. The molecule has 4 N–H and O–H groups in total. The molecule has 1 saturated carbocycles. The Morgan fingerprint density at radius 3 is 3.00 bits per heavy atom. The molecule has 0 saturated heterocycles. The molecule has 1 fully saturated rings. The Balaban J connectivity index is 1.47. The number of nitrogens with zero attached hydrogens (tertiary/aromatic N) is 3. The van der Waals surface area contributed by atoms with Crippen LogP contribution in [0.3, 0.4) is 0 Å². The molecular weight excluding hydrogens is 320 g/mol. The van der Waals surface area contributed by atoms with Crippen LogP contribution in [0.15, 0.2) is 24.8 Å². The van der Waals surface area contributed by atoms with Gasteiger partial charge in [0.1, 0.15) is 17.8 Å². The molecular formula is C17H22N6O2. The first-order valence-corrected chi connectivity index (χ1v) is 8.68. The predicted octanol–water partition coefficient (Wildman–Crippen LogP) is 2.08. The lowest BCUT2D eigenvalue weighted by Gasteiger charge is -2.30. The highest BCUT2D eigenvalue weighted by Crippen LogP contribution is 2.33. The maximum atomic E-state index is 11.7. The minimum Gasteiger partial charge on any atom is -0.448 e. The summed E-state index contributed by atoms with van der Waals surface area (Å²) in [5, 5.41) is 4.02. The van der Waals surface area contributed by atoms with Gasteiger partial charge in [0.05, 0.1) is 18.0 Å². The van der Waals surface area contributed by atoms with Gasteiger partial charge in [-0.1, -0.05) is 0 Å². The quantitative estimate of drug-likeness (QED) is 0.672. The molecule has 0 bridgehead atoms. The van der Waals surface area contributed by atoms with Crippen LogP contribution in [0.5, 0.6) is 0 Å². The van der Waals surface area contributed by atoms with Gasteiger partial charge < -0.3 is 25.3 Å². The van der Waals surface area contributed by atoms with Crippen molar-refractivity contribution in [2.75, 3.05) is 13.2 Å². The summed E-state index contributed by atoms with van der Waals surface area (Å²) in [6.07, 6.45) is 9.07. The number of H-pyrrole nitrogens is 1. The van der Waals surface area contributed by atoms with E-state index in [2.05, 4.69) is 24.8 Å². The van der Waals surface area contributed by atoms with E-state index in [4.69, 9.17) is 10.5 Å². The van der Waals surface area contributed by atoms with Crippen molar-refractivity contribution in [3.05, 3.63) is 24.8 Å². The zero-order valence-corrected chi connectivity index (χ0v) is 13.9. The summed E-state index contributed by atoms with van der Waals surface area (Å²) in [4.78, 5) is 23.7. The summed E-state index contributed by atoms with van der Waals surface area (Å²) >= 11 is 0. The molecule has 0 spiro atoms. The zero-order chi connectivity index (χ0) is 17.2. The summed E-state index contributed by atoms with van der Waals surface area (Å²) in [6.45, 7) is 0.596. The lowest BCUT2D eigenvalue weighted by atomic mass is 9.91. The van der Waals surface area contributed by atoms with E-state index >= 15 is 0 Å². The lowest BCUT2D eigenvalue weighted by Crippen LogP contribution is -2.38. The summed E-state index contributed by atoms with van der Waals surface area (Å²) in [5.74, 6) is 0. The molecule has 8 heteroatoms. The monoisotopic (exact) mass is 342 g/mol. The number of aromatic amines is 1. The van der Waals surface area contributed by atoms with Crippen LogP contribution in [-0.4, -0.2) is 44.8 Å². The largest absolute Gasteiger partial charge is 0.448 e. The van der Waals surface area contributed by atoms with E-state index in [9.17, 15) is 4.79 Å². The second-order valence-corrected chi connectivity index (χ2v) is 6.46. The number of hydrogen-bond acceptors (Lipinski definition) is 5. The second-order valence-electron chi connectivity index (χ2n) is 6.46. The van der Waals surface area contributed by atoms with E-state index in [0.717, 1.165) is 47.8 Å². The van der Waals surface area contributed by atoms with Crippen LogP contribution < -0.4 is 11.1 Å². The van der Waals surface area contributed by atoms with E-state index in [0.29, 0.717) is 12.6 Å². The molecule has 3 heterocycles. The number of fused-ring (bicyclic) bond motifs is 3. The van der Waals surface area contributed by atoms with Crippen molar-refractivity contribution in [2.45, 2.75) is 37.8 Å². The number of imidazole rings is 1. The van der Waals surface area contributed by atoms with Crippen molar-refractivity contribution in [3.8, 4) is 0 Å². The van der Waals surface area contributed by atoms with Crippen molar-refractivity contribution in [1.82, 2.24) is 24.8 Å². The van der Waals surface area contributed by atoms with Crippen molar-refractivity contribution in [3.63, 3.8) is 0 Å². The van der Waals surface area contributed by atoms with Gasteiger partial charge in [-0.15, -0.1) is 0 Å². The molecule has 3 aromatic heterocycles. The van der Waals surface area contributed by atoms with Gasteiger partial charge in [-0.25, -0.2) is 14.8 Å². The Hall–Kier alpha value is -2.61. The highest BCUT2D eigenvalue weighted by atomic mass is 16.5. The molecule has 4 rings (SSSR count). The standard InChI is InChI=1S/C17H22N6O2/c18-6-8-25-17(24)22-11-1-3-12(4-2-11)23-10-21-14-9-20-16-13(15(14)23)5-7-19-16/h5,7,9-12H,1-4,6,8,18H2,(H,19,20)(H,22,24). The van der Waals surface area contributed by atoms with Gasteiger partial charge in [-0.3, -0.25) is 0 Å². The molecule has 25 heavy (non-hydrogen) atoms. The molecule has 1 amide bonds. The first-order valence-electron chi connectivity index (χ1n) is 8.68. The third-order valence-corrected chi connectivity index (χ3v) is 4.88. The van der Waals surface area contributed by atoms with Gasteiger partial charge >= 0.3 is 6.09 Å². The number of aromatic nitrogens is 4. The number of hydrogen-bond donors (Lipinski definition) is 3. The number of rotatable bonds is 4. The Kier molecular flexibility index (Phi) is 4.27. The molecule has 3 aromatic rings. The average molecular weight is 342 g/mol. The molecule has 1 aliphatic rings. The Morgan fingerprint density at radius 2 is 2.20 bits per heavy atom. The maximum absolute atomic E-state index is 11.7. The minimum atomic E-state index is -0.373. The van der Waals surface area contributed by atoms with E-state index in [-0.39, 0.29) is 18.7 Å². The van der Waals surface area contributed by atoms with Crippen LogP contribution in [0.2, 0.25) is 0 Å². The van der Waals surface area contributed by atoms with Gasteiger partial charge in [0.2, 0.25) is 0 Å². The van der Waals surface area contributed by atoms with Crippen LogP contribution in [0, 0.1) is 0 Å². The van der Waals surface area contributed by atoms with Gasteiger partial charge in [-0.05, 0) is 31.7 Å². The number of pyridine rings is 1. The number of nitrogens with one attached hydrogen (secondary N) is 2. The molecule has 0 aliphatic heterocycles. The smallest absolute Gasteiger partial charge is 0.407 e. The topological polar surface area (TPSA) is 111 Å². The summed E-state index contributed by atoms with van der Waals surface area (Å²) in [5.41, 5.74) is 8.27. The molecule has 132 valence electrons. The lowest BCUT2D eigenvalue weighted by molar-refractivity contribution is 0.140. The first kappa shape index (κ1) is 15.9. The summed E-state index contributed by atoms with van der Waals surface area (Å²) < 4.78 is 7.25. The van der Waals surface area contributed by atoms with Gasteiger partial charge in [0.15, 0.2) is 0 Å². The Bertz CT molecular complexity index is 878. The Labute approximate surface area is 144 Å². The van der Waals surface area contributed by atoms with Crippen molar-refractivity contribution < 1.29 is 9.53 Å². The van der Waals surface area contributed by atoms with Gasteiger partial charge in [-0.2, -0.15) is 0 Å². The minimum absolute atomic E-state index is 0.158. The van der Waals surface area contributed by atoms with Crippen molar-refractivity contribution in [1.29, 1.82) is 0 Å². The molecule has 0 atom stereocenters. The van der Waals surface area contributed by atoms with E-state index in [1.165, 1.54) is 0 Å². The van der Waals surface area contributed by atoms with Crippen molar-refractivity contribution in [2.24, 2.45) is 5.73 Å².